The minimum absolute atomic E-state index is 0.226. The highest BCUT2D eigenvalue weighted by atomic mass is 16.2. The molecule has 1 heterocycles. The van der Waals surface area contributed by atoms with Gasteiger partial charge in [0.1, 0.15) is 0 Å². The summed E-state index contributed by atoms with van der Waals surface area (Å²) in [6.07, 6.45) is 0. The Bertz CT molecular complexity index is 230. The fourth-order valence-corrected chi connectivity index (χ4v) is 2.27. The molecule has 0 aromatic carbocycles. The van der Waals surface area contributed by atoms with Crippen LogP contribution >= 0.6 is 0 Å². The van der Waals surface area contributed by atoms with Crippen molar-refractivity contribution in [1.82, 2.24) is 9.80 Å². The molecule has 0 bridgehead atoms. The first-order chi connectivity index (χ1) is 6.97. The first-order valence-corrected chi connectivity index (χ1v) is 5.72. The van der Waals surface area contributed by atoms with Crippen molar-refractivity contribution < 1.29 is 4.79 Å². The van der Waals surface area contributed by atoms with E-state index in [0.717, 1.165) is 6.54 Å². The van der Waals surface area contributed by atoms with E-state index in [-0.39, 0.29) is 5.91 Å². The number of hydrogen-bond donors (Lipinski definition) is 1. The predicted molar refractivity (Wildman–Crippen MR) is 61.5 cm³/mol. The number of carbonyl (C=O) groups is 1. The van der Waals surface area contributed by atoms with Crippen molar-refractivity contribution in [1.29, 1.82) is 0 Å². The predicted octanol–water partition coefficient (Wildman–Crippen LogP) is 0.275. The summed E-state index contributed by atoms with van der Waals surface area (Å²) >= 11 is 0. The molecule has 15 heavy (non-hydrogen) atoms. The third-order valence-electron chi connectivity index (χ3n) is 3.12. The molecular weight excluding hydrogens is 190 g/mol. The molecule has 1 aliphatic rings. The molecule has 88 valence electrons. The Morgan fingerprint density at radius 1 is 1.47 bits per heavy atom. The summed E-state index contributed by atoms with van der Waals surface area (Å²) in [5.41, 5.74) is 5.62. The smallest absolute Gasteiger partial charge is 0.237 e. The summed E-state index contributed by atoms with van der Waals surface area (Å²) in [4.78, 5) is 16.1. The van der Waals surface area contributed by atoms with Crippen molar-refractivity contribution in [2.75, 3.05) is 19.6 Å². The highest BCUT2D eigenvalue weighted by molar-refractivity contribution is 5.79. The van der Waals surface area contributed by atoms with Crippen LogP contribution in [0, 0.1) is 0 Å². The van der Waals surface area contributed by atoms with E-state index in [2.05, 4.69) is 32.6 Å². The Labute approximate surface area is 92.4 Å². The fourth-order valence-electron chi connectivity index (χ4n) is 2.27. The third-order valence-corrected chi connectivity index (χ3v) is 3.12. The molecule has 4 heteroatoms. The van der Waals surface area contributed by atoms with Crippen molar-refractivity contribution in [2.45, 2.75) is 45.8 Å². The van der Waals surface area contributed by atoms with Gasteiger partial charge in [0.2, 0.25) is 5.91 Å². The molecule has 1 saturated heterocycles. The molecular formula is C11H23N3O. The Hall–Kier alpha value is -0.610. The molecule has 4 nitrogen and oxygen atoms in total. The number of piperazine rings is 1. The summed E-state index contributed by atoms with van der Waals surface area (Å²) in [6.45, 7) is 10.4. The summed E-state index contributed by atoms with van der Waals surface area (Å²) in [6, 6.07) is 0.883. The van der Waals surface area contributed by atoms with E-state index < -0.39 is 0 Å². The van der Waals surface area contributed by atoms with Gasteiger partial charge in [0.25, 0.3) is 0 Å². The third kappa shape index (κ3) is 2.69. The maximum atomic E-state index is 11.9. The molecule has 1 fully saturated rings. The molecule has 1 aliphatic heterocycles. The minimum atomic E-state index is 0.226. The van der Waals surface area contributed by atoms with E-state index >= 15 is 0 Å². The molecule has 2 N–H and O–H groups in total. The highest BCUT2D eigenvalue weighted by Crippen LogP contribution is 2.15. The number of nitrogens with zero attached hydrogens (tertiary/aromatic N) is 2. The Morgan fingerprint density at radius 3 is 2.47 bits per heavy atom. The van der Waals surface area contributed by atoms with Gasteiger partial charge in [-0.3, -0.25) is 9.69 Å². The van der Waals surface area contributed by atoms with Gasteiger partial charge in [-0.25, -0.2) is 0 Å². The Kier molecular flexibility index (Phi) is 4.11. The Balaban J connectivity index is 2.66. The number of nitrogens with two attached hydrogens (primary N) is 1. The molecule has 0 aliphatic carbocycles. The van der Waals surface area contributed by atoms with Crippen LogP contribution in [0.15, 0.2) is 0 Å². The lowest BCUT2D eigenvalue weighted by atomic mass is 10.1. The van der Waals surface area contributed by atoms with Gasteiger partial charge in [0, 0.05) is 31.2 Å². The number of carbonyl (C=O) groups excluding carboxylic acids is 1. The van der Waals surface area contributed by atoms with Gasteiger partial charge in [-0.15, -0.1) is 0 Å². The molecule has 0 saturated carbocycles. The van der Waals surface area contributed by atoms with E-state index in [1.807, 2.05) is 4.90 Å². The second-order valence-electron chi connectivity index (χ2n) is 4.76. The van der Waals surface area contributed by atoms with Crippen LogP contribution in [0.4, 0.5) is 0 Å². The minimum Gasteiger partial charge on any atom is -0.335 e. The summed E-state index contributed by atoms with van der Waals surface area (Å²) in [5.74, 6) is 0.226. The summed E-state index contributed by atoms with van der Waals surface area (Å²) < 4.78 is 0. The average molecular weight is 213 g/mol. The number of hydrogen-bond acceptors (Lipinski definition) is 3. The number of amides is 1. The van der Waals surface area contributed by atoms with E-state index in [9.17, 15) is 4.79 Å². The van der Waals surface area contributed by atoms with Crippen molar-refractivity contribution in [3.05, 3.63) is 0 Å². The first-order valence-electron chi connectivity index (χ1n) is 5.72. The zero-order valence-corrected chi connectivity index (χ0v) is 10.2. The zero-order chi connectivity index (χ0) is 11.6. The summed E-state index contributed by atoms with van der Waals surface area (Å²) in [5, 5.41) is 0. The van der Waals surface area contributed by atoms with Crippen LogP contribution < -0.4 is 5.73 Å². The maximum Gasteiger partial charge on any atom is 0.237 e. The lowest BCUT2D eigenvalue weighted by molar-refractivity contribution is -0.142. The molecule has 2 unspecified atom stereocenters. The number of rotatable bonds is 3. The highest BCUT2D eigenvalue weighted by Gasteiger charge is 2.32. The van der Waals surface area contributed by atoms with Crippen LogP contribution in [0.3, 0.4) is 0 Å². The maximum absolute atomic E-state index is 11.9. The van der Waals surface area contributed by atoms with Crippen molar-refractivity contribution >= 4 is 5.91 Å². The largest absolute Gasteiger partial charge is 0.335 e. The van der Waals surface area contributed by atoms with E-state index in [4.69, 9.17) is 5.73 Å². The van der Waals surface area contributed by atoms with Gasteiger partial charge < -0.3 is 10.6 Å². The molecule has 0 aromatic heterocycles. The molecule has 1 rings (SSSR count). The molecule has 1 amide bonds. The second-order valence-corrected chi connectivity index (χ2v) is 4.76. The monoisotopic (exact) mass is 213 g/mol. The van der Waals surface area contributed by atoms with Gasteiger partial charge in [0.15, 0.2) is 0 Å². The van der Waals surface area contributed by atoms with E-state index in [1.54, 1.807) is 0 Å². The van der Waals surface area contributed by atoms with E-state index in [1.165, 1.54) is 0 Å². The van der Waals surface area contributed by atoms with Gasteiger partial charge in [-0.1, -0.05) is 0 Å². The lowest BCUT2D eigenvalue weighted by Gasteiger charge is -2.43. The van der Waals surface area contributed by atoms with Crippen LogP contribution in [-0.2, 0) is 4.79 Å². The van der Waals surface area contributed by atoms with Crippen LogP contribution in [0.2, 0.25) is 0 Å². The molecule has 0 spiro atoms. The van der Waals surface area contributed by atoms with Crippen LogP contribution in [0.1, 0.15) is 27.7 Å². The Morgan fingerprint density at radius 2 is 2.07 bits per heavy atom. The van der Waals surface area contributed by atoms with Crippen molar-refractivity contribution in [2.24, 2.45) is 5.73 Å². The van der Waals surface area contributed by atoms with Crippen molar-refractivity contribution in [3.8, 4) is 0 Å². The second kappa shape index (κ2) is 4.94. The topological polar surface area (TPSA) is 49.6 Å². The molecule has 0 aromatic rings. The summed E-state index contributed by atoms with van der Waals surface area (Å²) in [7, 11) is 0. The van der Waals surface area contributed by atoms with E-state index in [0.29, 0.717) is 31.2 Å². The lowest BCUT2D eigenvalue weighted by Crippen LogP contribution is -2.60. The van der Waals surface area contributed by atoms with Crippen LogP contribution in [-0.4, -0.2) is 53.5 Å². The normalized spacial score (nSPS) is 26.1. The standard InChI is InChI=1S/C11H23N3O/c1-8(2)14-10(4)6-13(7-11(14)15)9(3)5-12/h8-10H,5-7,12H2,1-4H3. The van der Waals surface area contributed by atoms with Gasteiger partial charge >= 0.3 is 0 Å². The van der Waals surface area contributed by atoms with Crippen LogP contribution in [0.25, 0.3) is 0 Å². The zero-order valence-electron chi connectivity index (χ0n) is 10.2. The molecule has 2 atom stereocenters. The van der Waals surface area contributed by atoms with Gasteiger partial charge in [0.05, 0.1) is 6.54 Å². The van der Waals surface area contributed by atoms with Gasteiger partial charge in [-0.2, -0.15) is 0 Å². The SMILES string of the molecule is CC(CN)N1CC(=O)N(C(C)C)C(C)C1. The fraction of sp³-hybridized carbons (Fsp3) is 0.909. The van der Waals surface area contributed by atoms with Gasteiger partial charge in [-0.05, 0) is 27.7 Å². The average Bonchev–Trinajstić information content (AvgIpc) is 2.14. The first kappa shape index (κ1) is 12.5. The molecule has 0 radical (unpaired) electrons. The van der Waals surface area contributed by atoms with Crippen LogP contribution in [0.5, 0.6) is 0 Å². The quantitative estimate of drug-likeness (QED) is 0.732. The van der Waals surface area contributed by atoms with Crippen molar-refractivity contribution in [3.63, 3.8) is 0 Å².